The van der Waals surface area contributed by atoms with Crippen molar-refractivity contribution in [2.24, 2.45) is 23.3 Å². The summed E-state index contributed by atoms with van der Waals surface area (Å²) in [5.74, 6) is 1.84. The molecule has 0 bridgehead atoms. The first kappa shape index (κ1) is 10.0. The highest BCUT2D eigenvalue weighted by atomic mass is 14.5. The number of nitrogens with two attached hydrogens (primary N) is 2. The summed E-state index contributed by atoms with van der Waals surface area (Å²) in [7, 11) is 0. The highest BCUT2D eigenvalue weighted by molar-refractivity contribution is 4.72. The summed E-state index contributed by atoms with van der Waals surface area (Å²) >= 11 is 0. The van der Waals surface area contributed by atoms with Crippen LogP contribution in [-0.2, 0) is 0 Å². The molecule has 0 aromatic heterocycles. The Kier molecular flexibility index (Phi) is 4.62. The third-order valence-corrected chi connectivity index (χ3v) is 3.12. The molecule has 0 aliphatic heterocycles. The highest BCUT2D eigenvalue weighted by Gasteiger charge is 2.19. The molecule has 0 amide bonds. The molecular weight excluding hydrogens is 148 g/mol. The van der Waals surface area contributed by atoms with Gasteiger partial charge in [0.25, 0.3) is 0 Å². The molecule has 0 aromatic carbocycles. The summed E-state index contributed by atoms with van der Waals surface area (Å²) in [6, 6.07) is 0. The van der Waals surface area contributed by atoms with E-state index in [9.17, 15) is 0 Å². The van der Waals surface area contributed by atoms with E-state index in [1.165, 1.54) is 38.5 Å². The Labute approximate surface area is 75.7 Å². The van der Waals surface area contributed by atoms with Gasteiger partial charge in [-0.1, -0.05) is 25.7 Å². The Balaban J connectivity index is 2.11. The molecule has 0 aromatic rings. The second-order valence-electron chi connectivity index (χ2n) is 4.04. The van der Waals surface area contributed by atoms with Gasteiger partial charge in [-0.3, -0.25) is 0 Å². The Morgan fingerprint density at radius 1 is 0.750 bits per heavy atom. The molecule has 0 saturated heterocycles. The fraction of sp³-hybridized carbons (Fsp3) is 1.00. The van der Waals surface area contributed by atoms with Crippen LogP contribution in [0.3, 0.4) is 0 Å². The lowest BCUT2D eigenvalue weighted by atomic mass is 9.79. The minimum absolute atomic E-state index is 0.867. The highest BCUT2D eigenvalue weighted by Crippen LogP contribution is 2.31. The van der Waals surface area contributed by atoms with E-state index in [2.05, 4.69) is 0 Å². The molecule has 12 heavy (non-hydrogen) atoms. The van der Waals surface area contributed by atoms with Gasteiger partial charge in [0.05, 0.1) is 0 Å². The fourth-order valence-corrected chi connectivity index (χ4v) is 2.28. The maximum atomic E-state index is 5.53. The molecule has 4 N–H and O–H groups in total. The van der Waals surface area contributed by atoms with E-state index in [1.54, 1.807) is 0 Å². The van der Waals surface area contributed by atoms with Crippen molar-refractivity contribution in [1.29, 1.82) is 0 Å². The predicted molar refractivity (Wildman–Crippen MR) is 52.8 cm³/mol. The van der Waals surface area contributed by atoms with Gasteiger partial charge in [0.15, 0.2) is 0 Å². The van der Waals surface area contributed by atoms with E-state index in [0.717, 1.165) is 24.9 Å². The van der Waals surface area contributed by atoms with Crippen LogP contribution in [0.25, 0.3) is 0 Å². The van der Waals surface area contributed by atoms with Gasteiger partial charge in [0.2, 0.25) is 0 Å². The van der Waals surface area contributed by atoms with Crippen LogP contribution in [0, 0.1) is 11.8 Å². The normalized spacial score (nSPS) is 30.5. The first-order valence-electron chi connectivity index (χ1n) is 5.27. The smallest absolute Gasteiger partial charge is 0.00746 e. The van der Waals surface area contributed by atoms with Gasteiger partial charge in [-0.2, -0.15) is 0 Å². The zero-order valence-electron chi connectivity index (χ0n) is 7.97. The van der Waals surface area contributed by atoms with E-state index in [0.29, 0.717) is 0 Å². The van der Waals surface area contributed by atoms with Crippen LogP contribution < -0.4 is 11.5 Å². The van der Waals surface area contributed by atoms with E-state index < -0.39 is 0 Å². The molecule has 1 aliphatic rings. The molecule has 2 heteroatoms. The van der Waals surface area contributed by atoms with Crippen molar-refractivity contribution >= 4 is 0 Å². The summed E-state index contributed by atoms with van der Waals surface area (Å²) in [5, 5.41) is 0. The second-order valence-corrected chi connectivity index (χ2v) is 4.04. The lowest BCUT2D eigenvalue weighted by Crippen LogP contribution is -2.19. The summed E-state index contributed by atoms with van der Waals surface area (Å²) in [6.45, 7) is 1.73. The molecule has 72 valence electrons. The second kappa shape index (κ2) is 5.55. The average Bonchev–Trinajstić information content (AvgIpc) is 2.09. The van der Waals surface area contributed by atoms with Crippen molar-refractivity contribution in [2.75, 3.05) is 13.1 Å². The third-order valence-electron chi connectivity index (χ3n) is 3.12. The van der Waals surface area contributed by atoms with E-state index in [-0.39, 0.29) is 0 Å². The number of hydrogen-bond donors (Lipinski definition) is 2. The Morgan fingerprint density at radius 3 is 1.33 bits per heavy atom. The van der Waals surface area contributed by atoms with Crippen LogP contribution in [0.5, 0.6) is 0 Å². The van der Waals surface area contributed by atoms with E-state index in [4.69, 9.17) is 11.5 Å². The molecule has 1 saturated carbocycles. The minimum atomic E-state index is 0.867. The Morgan fingerprint density at radius 2 is 1.08 bits per heavy atom. The molecule has 0 heterocycles. The van der Waals surface area contributed by atoms with Crippen LogP contribution in [0.2, 0.25) is 0 Å². The van der Waals surface area contributed by atoms with Crippen LogP contribution in [0.1, 0.15) is 38.5 Å². The lowest BCUT2D eigenvalue weighted by Gasteiger charge is -2.27. The molecule has 2 nitrogen and oxygen atoms in total. The summed E-state index contributed by atoms with van der Waals surface area (Å²) in [6.07, 6.45) is 8.03. The maximum Gasteiger partial charge on any atom is -0.00746 e. The first-order chi connectivity index (χ1) is 5.86. The van der Waals surface area contributed by atoms with Crippen molar-refractivity contribution in [2.45, 2.75) is 38.5 Å². The zero-order chi connectivity index (χ0) is 8.81. The van der Waals surface area contributed by atoms with Crippen molar-refractivity contribution in [3.63, 3.8) is 0 Å². The van der Waals surface area contributed by atoms with Crippen LogP contribution in [0.4, 0.5) is 0 Å². The maximum absolute atomic E-state index is 5.53. The quantitative estimate of drug-likeness (QED) is 0.671. The number of rotatable bonds is 4. The summed E-state index contributed by atoms with van der Waals surface area (Å²) in [5.41, 5.74) is 11.1. The largest absolute Gasteiger partial charge is 0.330 e. The van der Waals surface area contributed by atoms with Crippen molar-refractivity contribution in [3.05, 3.63) is 0 Å². The van der Waals surface area contributed by atoms with Gasteiger partial charge < -0.3 is 11.5 Å². The van der Waals surface area contributed by atoms with Gasteiger partial charge >= 0.3 is 0 Å². The fourth-order valence-electron chi connectivity index (χ4n) is 2.28. The van der Waals surface area contributed by atoms with Gasteiger partial charge in [-0.05, 0) is 37.8 Å². The first-order valence-corrected chi connectivity index (χ1v) is 5.27. The SMILES string of the molecule is NCCC1CCC(CCN)CC1. The molecule has 1 fully saturated rings. The molecule has 1 aliphatic carbocycles. The Bertz CT molecular complexity index is 92.4. The van der Waals surface area contributed by atoms with Crippen LogP contribution in [0.15, 0.2) is 0 Å². The van der Waals surface area contributed by atoms with Gasteiger partial charge in [0.1, 0.15) is 0 Å². The standard InChI is InChI=1S/C10H22N2/c11-7-5-9-1-2-10(4-3-9)6-8-12/h9-10H,1-8,11-12H2. The predicted octanol–water partition coefficient (Wildman–Crippen LogP) is 1.49. The van der Waals surface area contributed by atoms with E-state index >= 15 is 0 Å². The average molecular weight is 170 g/mol. The molecule has 0 radical (unpaired) electrons. The van der Waals surface area contributed by atoms with Crippen molar-refractivity contribution < 1.29 is 0 Å². The van der Waals surface area contributed by atoms with Gasteiger partial charge in [-0.15, -0.1) is 0 Å². The molecule has 0 spiro atoms. The summed E-state index contributed by atoms with van der Waals surface area (Å²) in [4.78, 5) is 0. The summed E-state index contributed by atoms with van der Waals surface area (Å²) < 4.78 is 0. The Hall–Kier alpha value is -0.0800. The van der Waals surface area contributed by atoms with Gasteiger partial charge in [0, 0.05) is 0 Å². The monoisotopic (exact) mass is 170 g/mol. The zero-order valence-corrected chi connectivity index (χ0v) is 7.97. The lowest BCUT2D eigenvalue weighted by molar-refractivity contribution is 0.257. The molecule has 1 rings (SSSR count). The molecule has 0 unspecified atom stereocenters. The van der Waals surface area contributed by atoms with Crippen molar-refractivity contribution in [3.8, 4) is 0 Å². The third kappa shape index (κ3) is 3.11. The van der Waals surface area contributed by atoms with Crippen LogP contribution in [-0.4, -0.2) is 13.1 Å². The van der Waals surface area contributed by atoms with E-state index in [1.807, 2.05) is 0 Å². The molecule has 0 atom stereocenters. The number of hydrogen-bond acceptors (Lipinski definition) is 2. The van der Waals surface area contributed by atoms with Crippen LogP contribution >= 0.6 is 0 Å². The molecular formula is C10H22N2. The van der Waals surface area contributed by atoms with Gasteiger partial charge in [-0.25, -0.2) is 0 Å². The minimum Gasteiger partial charge on any atom is -0.330 e. The van der Waals surface area contributed by atoms with Crippen molar-refractivity contribution in [1.82, 2.24) is 0 Å². The topological polar surface area (TPSA) is 52.0 Å².